The number of amides is 1. The molecule has 0 aromatic heterocycles. The monoisotopic (exact) mass is 405 g/mol. The molecule has 1 aliphatic carbocycles. The molecule has 1 aromatic carbocycles. The fourth-order valence-electron chi connectivity index (χ4n) is 4.76. The Balaban J connectivity index is 1.34. The molecule has 1 amide bonds. The molecule has 1 N–H and O–H groups in total. The van der Waals surface area contributed by atoms with E-state index in [0.717, 1.165) is 44.8 Å². The van der Waals surface area contributed by atoms with Gasteiger partial charge in [-0.3, -0.25) is 4.79 Å². The summed E-state index contributed by atoms with van der Waals surface area (Å²) in [7, 11) is 0. The number of aromatic carboxylic acids is 1. The normalized spacial score (nSPS) is 19.1. The lowest BCUT2D eigenvalue weighted by Gasteiger charge is -2.53. The van der Waals surface area contributed by atoms with Gasteiger partial charge in [0.2, 0.25) is 5.91 Å². The Bertz CT molecular complexity index is 755. The highest BCUT2D eigenvalue weighted by Gasteiger charge is 2.46. The van der Waals surface area contributed by atoms with Crippen molar-refractivity contribution in [2.45, 2.75) is 59.3 Å². The number of likely N-dealkylation sites (tertiary alicyclic amines) is 1. The first-order valence-corrected chi connectivity index (χ1v) is 10.5. The molecule has 1 saturated heterocycles. The molecule has 29 heavy (non-hydrogen) atoms. The molecule has 1 spiro atoms. The number of piperidine rings is 1. The van der Waals surface area contributed by atoms with E-state index in [-0.39, 0.29) is 16.9 Å². The highest BCUT2D eigenvalue weighted by molar-refractivity contribution is 5.88. The highest BCUT2D eigenvalue weighted by Crippen LogP contribution is 2.54. The first-order valence-electron chi connectivity index (χ1n) is 10.5. The molecule has 1 aromatic rings. The zero-order chi connectivity index (χ0) is 21.2. The molecule has 2 fully saturated rings. The number of ether oxygens (including phenoxy) is 1. The number of benzene rings is 1. The Hall–Kier alpha value is -2.11. The third-order valence-corrected chi connectivity index (χ3v) is 6.39. The second-order valence-corrected chi connectivity index (χ2v) is 9.75. The third kappa shape index (κ3) is 5.09. The van der Waals surface area contributed by atoms with Gasteiger partial charge in [0.15, 0.2) is 0 Å². The number of nitrogens with zero attached hydrogens (tertiary/aromatic N) is 1. The van der Waals surface area contributed by atoms with Crippen LogP contribution in [0, 0.1) is 22.6 Å². The predicted molar refractivity (Wildman–Crippen MR) is 109 cm³/mol. The van der Waals surface area contributed by atoms with Gasteiger partial charge in [0.25, 0.3) is 0 Å². The summed E-state index contributed by atoms with van der Waals surface area (Å²) in [5.41, 5.74) is -0.216. The van der Waals surface area contributed by atoms with E-state index < -0.39 is 11.8 Å². The molecule has 0 bridgehead atoms. The lowest BCUT2D eigenvalue weighted by molar-refractivity contribution is -0.143. The van der Waals surface area contributed by atoms with Crippen molar-refractivity contribution < 1.29 is 23.8 Å². The average Bonchev–Trinajstić information content (AvgIpc) is 2.62. The number of hydrogen-bond acceptors (Lipinski definition) is 3. The van der Waals surface area contributed by atoms with E-state index in [9.17, 15) is 14.0 Å². The molecule has 1 aliphatic heterocycles. The molecular weight excluding hydrogens is 373 g/mol. The van der Waals surface area contributed by atoms with E-state index in [2.05, 4.69) is 0 Å². The summed E-state index contributed by atoms with van der Waals surface area (Å²) in [5.74, 6) is -0.718. The van der Waals surface area contributed by atoms with E-state index >= 15 is 0 Å². The van der Waals surface area contributed by atoms with Gasteiger partial charge >= 0.3 is 5.97 Å². The Morgan fingerprint density at radius 1 is 1.24 bits per heavy atom. The molecule has 6 heteroatoms. The van der Waals surface area contributed by atoms with E-state index in [1.807, 2.05) is 25.7 Å². The molecule has 3 rings (SSSR count). The van der Waals surface area contributed by atoms with E-state index in [1.165, 1.54) is 25.0 Å². The van der Waals surface area contributed by atoms with Crippen molar-refractivity contribution in [1.29, 1.82) is 0 Å². The summed E-state index contributed by atoms with van der Waals surface area (Å²) in [6, 6.07) is 3.87. The standard InChI is InChI=1S/C23H32FNO4/c1-22(2,3)21(28)25-10-8-23(9-11-25)14-16(15-23)5-4-12-29-17-6-7-18(20(26)27)19(24)13-17/h6-7,13,16H,4-5,8-12,14-15H2,1-3H3,(H,26,27). The lowest BCUT2D eigenvalue weighted by Crippen LogP contribution is -2.51. The number of carbonyl (C=O) groups excluding carboxylic acids is 1. The zero-order valence-corrected chi connectivity index (χ0v) is 17.7. The van der Waals surface area contributed by atoms with Crippen LogP contribution in [0.25, 0.3) is 0 Å². The van der Waals surface area contributed by atoms with Gasteiger partial charge < -0.3 is 14.7 Å². The number of carboxylic acids is 1. The minimum Gasteiger partial charge on any atom is -0.493 e. The smallest absolute Gasteiger partial charge is 0.338 e. The van der Waals surface area contributed by atoms with Crippen LogP contribution in [0.5, 0.6) is 5.75 Å². The van der Waals surface area contributed by atoms with Crippen LogP contribution < -0.4 is 4.74 Å². The quantitative estimate of drug-likeness (QED) is 0.694. The van der Waals surface area contributed by atoms with Crippen LogP contribution in [0.4, 0.5) is 4.39 Å². The number of rotatable bonds is 6. The van der Waals surface area contributed by atoms with Gasteiger partial charge in [0.1, 0.15) is 11.6 Å². The molecule has 0 unspecified atom stereocenters. The molecule has 5 nitrogen and oxygen atoms in total. The maximum Gasteiger partial charge on any atom is 0.338 e. The number of halogens is 1. The van der Waals surface area contributed by atoms with Crippen molar-refractivity contribution in [2.24, 2.45) is 16.7 Å². The highest BCUT2D eigenvalue weighted by atomic mass is 19.1. The third-order valence-electron chi connectivity index (χ3n) is 6.39. The SMILES string of the molecule is CC(C)(C)C(=O)N1CCC2(CC1)CC(CCCOc1ccc(C(=O)O)c(F)c1)C2. The summed E-state index contributed by atoms with van der Waals surface area (Å²) in [4.78, 5) is 25.3. The van der Waals surface area contributed by atoms with Crippen LogP contribution in [0.2, 0.25) is 0 Å². The number of carboxylic acid groups (broad SMARTS) is 1. The van der Waals surface area contributed by atoms with Gasteiger partial charge in [-0.15, -0.1) is 0 Å². The van der Waals surface area contributed by atoms with Crippen molar-refractivity contribution in [3.63, 3.8) is 0 Å². The van der Waals surface area contributed by atoms with Crippen molar-refractivity contribution in [2.75, 3.05) is 19.7 Å². The Kier molecular flexibility index (Phi) is 6.20. The summed E-state index contributed by atoms with van der Waals surface area (Å²) >= 11 is 0. The minimum absolute atomic E-state index is 0.258. The minimum atomic E-state index is -1.28. The van der Waals surface area contributed by atoms with E-state index in [4.69, 9.17) is 9.84 Å². The van der Waals surface area contributed by atoms with Crippen LogP contribution >= 0.6 is 0 Å². The average molecular weight is 406 g/mol. The Morgan fingerprint density at radius 3 is 2.45 bits per heavy atom. The van der Waals surface area contributed by atoms with Gasteiger partial charge in [-0.2, -0.15) is 0 Å². The van der Waals surface area contributed by atoms with Gasteiger partial charge in [-0.1, -0.05) is 20.8 Å². The lowest BCUT2D eigenvalue weighted by atomic mass is 9.56. The summed E-state index contributed by atoms with van der Waals surface area (Å²) in [6.07, 6.45) is 6.66. The van der Waals surface area contributed by atoms with Crippen LogP contribution in [0.15, 0.2) is 18.2 Å². The van der Waals surface area contributed by atoms with Gasteiger partial charge in [-0.05, 0) is 62.0 Å². The topological polar surface area (TPSA) is 66.8 Å². The van der Waals surface area contributed by atoms with Crippen molar-refractivity contribution >= 4 is 11.9 Å². The van der Waals surface area contributed by atoms with Gasteiger partial charge in [-0.25, -0.2) is 9.18 Å². The van der Waals surface area contributed by atoms with Crippen LogP contribution in [0.3, 0.4) is 0 Å². The van der Waals surface area contributed by atoms with E-state index in [0.29, 0.717) is 23.7 Å². The van der Waals surface area contributed by atoms with Crippen LogP contribution in [0.1, 0.15) is 69.7 Å². The molecule has 160 valence electrons. The molecule has 0 atom stereocenters. The zero-order valence-electron chi connectivity index (χ0n) is 17.7. The molecular formula is C23H32FNO4. The van der Waals surface area contributed by atoms with Gasteiger partial charge in [0, 0.05) is 24.6 Å². The molecule has 0 radical (unpaired) electrons. The van der Waals surface area contributed by atoms with Gasteiger partial charge in [0.05, 0.1) is 12.2 Å². The number of hydrogen-bond donors (Lipinski definition) is 1. The second kappa shape index (κ2) is 8.33. The fourth-order valence-corrected chi connectivity index (χ4v) is 4.76. The maximum atomic E-state index is 13.7. The van der Waals surface area contributed by atoms with Crippen LogP contribution in [-0.2, 0) is 4.79 Å². The summed E-state index contributed by atoms with van der Waals surface area (Å²) in [6.45, 7) is 8.21. The first-order chi connectivity index (χ1) is 13.6. The largest absolute Gasteiger partial charge is 0.493 e. The van der Waals surface area contributed by atoms with E-state index in [1.54, 1.807) is 0 Å². The summed E-state index contributed by atoms with van der Waals surface area (Å²) < 4.78 is 19.2. The molecule has 1 saturated carbocycles. The maximum absolute atomic E-state index is 13.7. The Labute approximate surface area is 172 Å². The van der Waals surface area contributed by atoms with Crippen molar-refractivity contribution in [3.05, 3.63) is 29.6 Å². The first kappa shape index (κ1) is 21.6. The van der Waals surface area contributed by atoms with Crippen LogP contribution in [-0.4, -0.2) is 41.6 Å². The second-order valence-electron chi connectivity index (χ2n) is 9.75. The molecule has 1 heterocycles. The predicted octanol–water partition coefficient (Wildman–Crippen LogP) is 4.75. The number of carbonyl (C=O) groups is 2. The summed E-state index contributed by atoms with van der Waals surface area (Å²) in [5, 5.41) is 8.85. The Morgan fingerprint density at radius 2 is 1.90 bits per heavy atom. The molecule has 2 aliphatic rings. The fraction of sp³-hybridized carbons (Fsp3) is 0.652. The van der Waals surface area contributed by atoms with Crippen molar-refractivity contribution in [3.8, 4) is 5.75 Å². The van der Waals surface area contributed by atoms with Crippen molar-refractivity contribution in [1.82, 2.24) is 4.90 Å².